The first-order valence-electron chi connectivity index (χ1n) is 9.34. The van der Waals surface area contributed by atoms with E-state index in [-0.39, 0.29) is 11.9 Å². The van der Waals surface area contributed by atoms with Gasteiger partial charge in [-0.15, -0.1) is 0 Å². The van der Waals surface area contributed by atoms with Gasteiger partial charge in [-0.1, -0.05) is 41.9 Å². The Morgan fingerprint density at radius 1 is 1.19 bits per heavy atom. The number of piperazine rings is 1. The van der Waals surface area contributed by atoms with E-state index in [0.29, 0.717) is 11.6 Å². The number of amides is 1. The lowest BCUT2D eigenvalue weighted by molar-refractivity contribution is -0.914. The van der Waals surface area contributed by atoms with Crippen molar-refractivity contribution in [1.29, 1.82) is 0 Å². The molecule has 1 saturated heterocycles. The average Bonchev–Trinajstić information content (AvgIpc) is 2.72. The number of anilines is 1. The first-order chi connectivity index (χ1) is 13.1. The monoisotopic (exact) mass is 388 g/mol. The van der Waals surface area contributed by atoms with E-state index in [1.54, 1.807) is 7.11 Å². The van der Waals surface area contributed by atoms with Gasteiger partial charge in [0.15, 0.2) is 6.04 Å². The molecule has 0 saturated carbocycles. The second kappa shape index (κ2) is 9.11. The number of halogens is 1. The Kier molecular flexibility index (Phi) is 6.58. The molecule has 0 aromatic heterocycles. The molecule has 6 heteroatoms. The summed E-state index contributed by atoms with van der Waals surface area (Å²) in [5.74, 6) is 0.960. The Balaban J connectivity index is 1.52. The van der Waals surface area contributed by atoms with Crippen molar-refractivity contribution in [2.24, 2.45) is 0 Å². The number of nitrogens with zero attached hydrogens (tertiary/aromatic N) is 1. The number of benzene rings is 2. The highest BCUT2D eigenvalue weighted by Gasteiger charge is 2.29. The fourth-order valence-electron chi connectivity index (χ4n) is 3.52. The molecule has 1 aliphatic heterocycles. The van der Waals surface area contributed by atoms with E-state index in [4.69, 9.17) is 16.3 Å². The van der Waals surface area contributed by atoms with Crippen LogP contribution in [-0.4, -0.2) is 45.2 Å². The number of carbonyl (C=O) groups excluding carboxylic acids is 1. The molecule has 1 amide bonds. The molecular weight excluding hydrogens is 362 g/mol. The minimum atomic E-state index is -0.0905. The fourth-order valence-corrected chi connectivity index (χ4v) is 3.72. The molecule has 1 atom stereocenters. The van der Waals surface area contributed by atoms with Crippen LogP contribution in [0, 0.1) is 0 Å². The normalized spacial score (nSPS) is 16.0. The third-order valence-electron chi connectivity index (χ3n) is 5.25. The Labute approximate surface area is 165 Å². The highest BCUT2D eigenvalue weighted by atomic mass is 35.5. The molecule has 0 unspecified atom stereocenters. The summed E-state index contributed by atoms with van der Waals surface area (Å²) in [5, 5.41) is 3.70. The third-order valence-corrected chi connectivity index (χ3v) is 5.62. The number of ether oxygens (including phenoxy) is 1. The lowest BCUT2D eigenvalue weighted by Gasteiger charge is -2.36. The first kappa shape index (κ1) is 19.5. The molecule has 2 aromatic rings. The van der Waals surface area contributed by atoms with Crippen LogP contribution in [-0.2, 0) is 11.3 Å². The largest absolute Gasteiger partial charge is 0.495 e. The Bertz CT molecular complexity index is 776. The molecule has 0 spiro atoms. The van der Waals surface area contributed by atoms with Gasteiger partial charge in [0.1, 0.15) is 5.75 Å². The zero-order valence-electron chi connectivity index (χ0n) is 15.9. The van der Waals surface area contributed by atoms with Gasteiger partial charge in [0.2, 0.25) is 0 Å². The van der Waals surface area contributed by atoms with E-state index in [1.807, 2.05) is 49.4 Å². The molecule has 0 aliphatic carbocycles. The van der Waals surface area contributed by atoms with Crippen LogP contribution in [0.5, 0.6) is 5.75 Å². The van der Waals surface area contributed by atoms with Gasteiger partial charge in [0.25, 0.3) is 5.91 Å². The Hall–Kier alpha value is -2.24. The maximum Gasteiger partial charge on any atom is 0.278 e. The molecule has 1 fully saturated rings. The van der Waals surface area contributed by atoms with E-state index < -0.39 is 0 Å². The standard InChI is InChI=1S/C21H26ClN3O2/c1-16(21(26)23-15-17-7-3-4-8-18(17)22)24-11-13-25(14-12-24)19-9-5-6-10-20(19)27-2/h3-10,16H,11-15H2,1-2H3,(H,23,26)/p+1/t16-/m1/s1. The summed E-state index contributed by atoms with van der Waals surface area (Å²) in [6.07, 6.45) is 0. The Morgan fingerprint density at radius 2 is 1.85 bits per heavy atom. The highest BCUT2D eigenvalue weighted by Crippen LogP contribution is 2.27. The molecular formula is C21H27ClN3O2+. The van der Waals surface area contributed by atoms with Crippen LogP contribution in [0.3, 0.4) is 0 Å². The summed E-state index contributed by atoms with van der Waals surface area (Å²) in [6.45, 7) is 6.09. The Morgan fingerprint density at radius 3 is 2.56 bits per heavy atom. The first-order valence-corrected chi connectivity index (χ1v) is 9.71. The number of para-hydroxylation sites is 2. The number of hydrogen-bond acceptors (Lipinski definition) is 3. The molecule has 27 heavy (non-hydrogen) atoms. The molecule has 0 radical (unpaired) electrons. The summed E-state index contributed by atoms with van der Waals surface area (Å²) >= 11 is 6.16. The number of nitrogens with one attached hydrogen (secondary N) is 2. The van der Waals surface area contributed by atoms with Crippen molar-refractivity contribution in [1.82, 2.24) is 5.32 Å². The summed E-state index contributed by atoms with van der Waals surface area (Å²) in [6, 6.07) is 15.6. The minimum Gasteiger partial charge on any atom is -0.495 e. The highest BCUT2D eigenvalue weighted by molar-refractivity contribution is 6.31. The van der Waals surface area contributed by atoms with Crippen molar-refractivity contribution < 1.29 is 14.4 Å². The van der Waals surface area contributed by atoms with Crippen LogP contribution in [0.15, 0.2) is 48.5 Å². The van der Waals surface area contributed by atoms with Crippen LogP contribution in [0.25, 0.3) is 0 Å². The van der Waals surface area contributed by atoms with Gasteiger partial charge in [-0.25, -0.2) is 0 Å². The quantitative estimate of drug-likeness (QED) is 0.792. The zero-order valence-corrected chi connectivity index (χ0v) is 16.6. The lowest BCUT2D eigenvalue weighted by Crippen LogP contribution is -3.19. The maximum atomic E-state index is 12.6. The van der Waals surface area contributed by atoms with Gasteiger partial charge in [0.05, 0.1) is 39.0 Å². The van der Waals surface area contributed by atoms with Crippen LogP contribution in [0.4, 0.5) is 5.69 Å². The average molecular weight is 389 g/mol. The number of quaternary nitrogens is 1. The van der Waals surface area contributed by atoms with Crippen LogP contribution in [0.1, 0.15) is 12.5 Å². The van der Waals surface area contributed by atoms with Gasteiger partial charge >= 0.3 is 0 Å². The fraction of sp³-hybridized carbons (Fsp3) is 0.381. The van der Waals surface area contributed by atoms with Gasteiger partial charge < -0.3 is 19.9 Å². The van der Waals surface area contributed by atoms with E-state index >= 15 is 0 Å². The molecule has 2 N–H and O–H groups in total. The molecule has 1 heterocycles. The predicted octanol–water partition coefficient (Wildman–Crippen LogP) is 1.76. The second-order valence-electron chi connectivity index (χ2n) is 6.85. The smallest absolute Gasteiger partial charge is 0.278 e. The van der Waals surface area contributed by atoms with Crippen molar-refractivity contribution in [3.63, 3.8) is 0 Å². The van der Waals surface area contributed by atoms with Crippen molar-refractivity contribution >= 4 is 23.2 Å². The van der Waals surface area contributed by atoms with E-state index in [1.165, 1.54) is 4.90 Å². The van der Waals surface area contributed by atoms with Crippen LogP contribution in [0.2, 0.25) is 5.02 Å². The molecule has 5 nitrogen and oxygen atoms in total. The predicted molar refractivity (Wildman–Crippen MR) is 109 cm³/mol. The van der Waals surface area contributed by atoms with Crippen LogP contribution < -0.4 is 19.9 Å². The van der Waals surface area contributed by atoms with Gasteiger partial charge in [-0.05, 0) is 30.7 Å². The maximum absolute atomic E-state index is 12.6. The van der Waals surface area contributed by atoms with E-state index in [2.05, 4.69) is 16.3 Å². The van der Waals surface area contributed by atoms with Crippen molar-refractivity contribution in [3.05, 3.63) is 59.1 Å². The van der Waals surface area contributed by atoms with Crippen LogP contribution >= 0.6 is 11.6 Å². The SMILES string of the molecule is COc1ccccc1N1CC[NH+]([C@H](C)C(=O)NCc2ccccc2Cl)CC1. The molecule has 3 rings (SSSR count). The van der Waals surface area contributed by atoms with Gasteiger partial charge in [-0.3, -0.25) is 4.79 Å². The van der Waals surface area contributed by atoms with E-state index in [9.17, 15) is 4.79 Å². The topological polar surface area (TPSA) is 46.0 Å². The van der Waals surface area contributed by atoms with Crippen molar-refractivity contribution in [2.45, 2.75) is 19.5 Å². The number of hydrogen-bond donors (Lipinski definition) is 2. The molecule has 2 aromatic carbocycles. The lowest BCUT2D eigenvalue weighted by atomic mass is 10.1. The minimum absolute atomic E-state index is 0.0654. The summed E-state index contributed by atoms with van der Waals surface area (Å²) < 4.78 is 5.47. The zero-order chi connectivity index (χ0) is 19.2. The van der Waals surface area contributed by atoms with Gasteiger partial charge in [0, 0.05) is 11.6 Å². The van der Waals surface area contributed by atoms with E-state index in [0.717, 1.165) is 43.2 Å². The molecule has 0 bridgehead atoms. The van der Waals surface area contributed by atoms with Crippen molar-refractivity contribution in [3.8, 4) is 5.75 Å². The summed E-state index contributed by atoms with van der Waals surface area (Å²) in [7, 11) is 1.70. The second-order valence-corrected chi connectivity index (χ2v) is 7.26. The number of methoxy groups -OCH3 is 1. The number of carbonyl (C=O) groups is 1. The summed E-state index contributed by atoms with van der Waals surface area (Å²) in [4.78, 5) is 16.2. The number of rotatable bonds is 6. The summed E-state index contributed by atoms with van der Waals surface area (Å²) in [5.41, 5.74) is 2.06. The molecule has 144 valence electrons. The van der Waals surface area contributed by atoms with Crippen molar-refractivity contribution in [2.75, 3.05) is 38.2 Å². The third kappa shape index (κ3) is 4.73. The molecule has 1 aliphatic rings. The van der Waals surface area contributed by atoms with Gasteiger partial charge in [-0.2, -0.15) is 0 Å².